The SMILES string of the molecule is CCC1CCc2c(sc3cc(N4CCC(=O)CC4)c(F)cc3c2=O)C1. The van der Waals surface area contributed by atoms with Crippen molar-refractivity contribution in [3.05, 3.63) is 38.6 Å². The summed E-state index contributed by atoms with van der Waals surface area (Å²) in [5, 5.41) is 0.507. The van der Waals surface area contributed by atoms with Gasteiger partial charge in [0.1, 0.15) is 11.6 Å². The van der Waals surface area contributed by atoms with E-state index >= 15 is 0 Å². The number of fused-ring (bicyclic) bond motifs is 2. The third-order valence-electron chi connectivity index (χ3n) is 5.65. The van der Waals surface area contributed by atoms with Crippen LogP contribution in [0.3, 0.4) is 0 Å². The summed E-state index contributed by atoms with van der Waals surface area (Å²) in [6, 6.07) is 3.23. The molecule has 3 nitrogen and oxygen atoms in total. The number of hydrogen-bond donors (Lipinski definition) is 0. The Bertz CT molecular complexity index is 895. The van der Waals surface area contributed by atoms with Crippen LogP contribution in [0.1, 0.15) is 43.0 Å². The minimum atomic E-state index is -0.353. The van der Waals surface area contributed by atoms with E-state index in [4.69, 9.17) is 0 Å². The van der Waals surface area contributed by atoms with E-state index in [0.29, 0.717) is 42.9 Å². The monoisotopic (exact) mass is 359 g/mol. The van der Waals surface area contributed by atoms with Crippen LogP contribution in [-0.4, -0.2) is 18.9 Å². The normalized spacial score (nSPS) is 20.8. The fraction of sp³-hybridized carbons (Fsp3) is 0.500. The van der Waals surface area contributed by atoms with Gasteiger partial charge in [-0.1, -0.05) is 13.3 Å². The van der Waals surface area contributed by atoms with E-state index in [1.54, 1.807) is 11.3 Å². The van der Waals surface area contributed by atoms with E-state index in [2.05, 4.69) is 6.92 Å². The largest absolute Gasteiger partial charge is 0.368 e. The zero-order valence-corrected chi connectivity index (χ0v) is 15.3. The summed E-state index contributed by atoms with van der Waals surface area (Å²) in [4.78, 5) is 27.4. The van der Waals surface area contributed by atoms with Crippen molar-refractivity contribution in [2.24, 2.45) is 5.92 Å². The molecule has 2 aromatic rings. The molecule has 4 rings (SSSR count). The number of rotatable bonds is 2. The van der Waals surface area contributed by atoms with E-state index in [1.165, 1.54) is 10.9 Å². The Morgan fingerprint density at radius 3 is 2.68 bits per heavy atom. The summed E-state index contributed by atoms with van der Waals surface area (Å²) in [5.74, 6) is 0.531. The molecule has 0 radical (unpaired) electrons. The minimum absolute atomic E-state index is 0.0116. The number of carbonyl (C=O) groups is 1. The summed E-state index contributed by atoms with van der Waals surface area (Å²) >= 11 is 1.65. The van der Waals surface area contributed by atoms with Crippen molar-refractivity contribution in [3.8, 4) is 0 Å². The number of ketones is 1. The first-order valence-corrected chi connectivity index (χ1v) is 9.93. The molecular formula is C20H22FNO2S. The van der Waals surface area contributed by atoms with Crippen molar-refractivity contribution in [2.45, 2.75) is 45.4 Å². The summed E-state index contributed by atoms with van der Waals surface area (Å²) in [6.45, 7) is 3.31. The van der Waals surface area contributed by atoms with Crippen LogP contribution < -0.4 is 10.3 Å². The fourth-order valence-corrected chi connectivity index (χ4v) is 5.34. The van der Waals surface area contributed by atoms with E-state index in [0.717, 1.165) is 35.9 Å². The van der Waals surface area contributed by atoms with Crippen LogP contribution in [0.15, 0.2) is 16.9 Å². The molecule has 1 unspecified atom stereocenters. The van der Waals surface area contributed by atoms with Crippen molar-refractivity contribution in [2.75, 3.05) is 18.0 Å². The molecule has 1 aromatic heterocycles. The zero-order chi connectivity index (χ0) is 17.6. The molecular weight excluding hydrogens is 337 g/mol. The van der Waals surface area contributed by atoms with Gasteiger partial charge in [-0.25, -0.2) is 4.39 Å². The number of hydrogen-bond acceptors (Lipinski definition) is 4. The molecule has 1 aliphatic heterocycles. The first-order chi connectivity index (χ1) is 12.1. The minimum Gasteiger partial charge on any atom is -0.368 e. The van der Waals surface area contributed by atoms with Crippen molar-refractivity contribution < 1.29 is 9.18 Å². The van der Waals surface area contributed by atoms with Crippen molar-refractivity contribution in [1.82, 2.24) is 0 Å². The number of carbonyl (C=O) groups excluding carboxylic acids is 1. The number of benzene rings is 1. The van der Waals surface area contributed by atoms with Gasteiger partial charge in [0.15, 0.2) is 5.43 Å². The lowest BCUT2D eigenvalue weighted by atomic mass is 9.87. The van der Waals surface area contributed by atoms with Crippen LogP contribution in [0.2, 0.25) is 0 Å². The van der Waals surface area contributed by atoms with Crippen molar-refractivity contribution in [3.63, 3.8) is 0 Å². The lowest BCUT2D eigenvalue weighted by Gasteiger charge is -2.29. The molecule has 0 saturated carbocycles. The average molecular weight is 359 g/mol. The predicted octanol–water partition coefficient (Wildman–Crippen LogP) is 4.08. The second kappa shape index (κ2) is 6.52. The van der Waals surface area contributed by atoms with E-state index in [1.807, 2.05) is 11.0 Å². The molecule has 0 N–H and O–H groups in total. The van der Waals surface area contributed by atoms with Crippen LogP contribution >= 0.6 is 11.3 Å². The van der Waals surface area contributed by atoms with Gasteiger partial charge in [-0.2, -0.15) is 0 Å². The van der Waals surface area contributed by atoms with Crippen LogP contribution in [0.25, 0.3) is 10.1 Å². The maximum atomic E-state index is 14.7. The highest BCUT2D eigenvalue weighted by atomic mass is 32.1. The smallest absolute Gasteiger partial charge is 0.191 e. The Morgan fingerprint density at radius 2 is 1.96 bits per heavy atom. The second-order valence-corrected chi connectivity index (χ2v) is 8.31. The molecule has 132 valence electrons. The average Bonchev–Trinajstić information content (AvgIpc) is 2.62. The van der Waals surface area contributed by atoms with E-state index in [9.17, 15) is 14.0 Å². The van der Waals surface area contributed by atoms with Gasteiger partial charge in [0, 0.05) is 46.5 Å². The topological polar surface area (TPSA) is 37.4 Å². The molecule has 0 amide bonds. The third kappa shape index (κ3) is 2.99. The molecule has 1 aromatic carbocycles. The van der Waals surface area contributed by atoms with Gasteiger partial charge >= 0.3 is 0 Å². The summed E-state index contributed by atoms with van der Waals surface area (Å²) < 4.78 is 15.5. The second-order valence-electron chi connectivity index (χ2n) is 7.18. The molecule has 2 aliphatic rings. The number of nitrogens with zero attached hydrogens (tertiary/aromatic N) is 1. The summed E-state index contributed by atoms with van der Waals surface area (Å²) in [5.41, 5.74) is 1.44. The Hall–Kier alpha value is -1.75. The molecule has 25 heavy (non-hydrogen) atoms. The first-order valence-electron chi connectivity index (χ1n) is 9.11. The van der Waals surface area contributed by atoms with Crippen LogP contribution in [0.4, 0.5) is 10.1 Å². The standard InChI is InChI=1S/C20H22FNO2S/c1-2-12-3-4-14-18(9-12)25-19-11-17(16(21)10-15(19)20(14)24)22-7-5-13(23)6-8-22/h10-12H,2-9H2,1H3. The number of piperidine rings is 1. The highest BCUT2D eigenvalue weighted by Crippen LogP contribution is 2.34. The molecule has 0 spiro atoms. The van der Waals surface area contributed by atoms with E-state index < -0.39 is 0 Å². The number of anilines is 1. The van der Waals surface area contributed by atoms with Gasteiger partial charge in [-0.3, -0.25) is 9.59 Å². The number of Topliss-reactive ketones (excluding diaryl/α,β-unsaturated/α-hetero) is 1. The summed E-state index contributed by atoms with van der Waals surface area (Å²) in [6.07, 6.45) is 4.91. The van der Waals surface area contributed by atoms with Gasteiger partial charge in [-0.15, -0.1) is 11.3 Å². The van der Waals surface area contributed by atoms with Gasteiger partial charge in [0.25, 0.3) is 0 Å². The number of halogens is 1. The maximum absolute atomic E-state index is 14.7. The van der Waals surface area contributed by atoms with Crippen LogP contribution in [0.5, 0.6) is 0 Å². The molecule has 1 aliphatic carbocycles. The molecule has 5 heteroatoms. The predicted molar refractivity (Wildman–Crippen MR) is 100 cm³/mol. The van der Waals surface area contributed by atoms with Crippen molar-refractivity contribution >= 4 is 32.9 Å². The lowest BCUT2D eigenvalue weighted by Crippen LogP contribution is -2.34. The Morgan fingerprint density at radius 1 is 1.20 bits per heavy atom. The zero-order valence-electron chi connectivity index (χ0n) is 14.4. The van der Waals surface area contributed by atoms with Gasteiger partial charge in [0.05, 0.1) is 5.69 Å². The Kier molecular flexibility index (Phi) is 4.36. The maximum Gasteiger partial charge on any atom is 0.191 e. The first kappa shape index (κ1) is 16.7. The molecule has 1 fully saturated rings. The van der Waals surface area contributed by atoms with Crippen LogP contribution in [0, 0.1) is 11.7 Å². The van der Waals surface area contributed by atoms with Crippen molar-refractivity contribution in [1.29, 1.82) is 0 Å². The lowest BCUT2D eigenvalue weighted by molar-refractivity contribution is -0.119. The molecule has 2 heterocycles. The van der Waals surface area contributed by atoms with Gasteiger partial charge in [0.2, 0.25) is 0 Å². The fourth-order valence-electron chi connectivity index (χ4n) is 4.01. The quantitative estimate of drug-likeness (QED) is 0.811. The van der Waals surface area contributed by atoms with Crippen LogP contribution in [-0.2, 0) is 17.6 Å². The highest BCUT2D eigenvalue weighted by Gasteiger charge is 2.24. The Labute approximate surface area is 150 Å². The Balaban J connectivity index is 1.79. The van der Waals surface area contributed by atoms with Gasteiger partial charge < -0.3 is 4.90 Å². The highest BCUT2D eigenvalue weighted by molar-refractivity contribution is 7.18. The molecule has 1 saturated heterocycles. The van der Waals surface area contributed by atoms with Gasteiger partial charge in [-0.05, 0) is 37.3 Å². The molecule has 1 atom stereocenters. The van der Waals surface area contributed by atoms with E-state index in [-0.39, 0.29) is 17.0 Å². The summed E-state index contributed by atoms with van der Waals surface area (Å²) in [7, 11) is 0. The molecule has 0 bridgehead atoms. The third-order valence-corrected chi connectivity index (χ3v) is 6.87.